The molecular formula is C18H25N3O. The number of hydrogen-bond donors (Lipinski definition) is 1. The van der Waals surface area contributed by atoms with Gasteiger partial charge >= 0.3 is 6.03 Å². The molecule has 0 radical (unpaired) electrons. The highest BCUT2D eigenvalue weighted by Gasteiger charge is 2.47. The highest BCUT2D eigenvalue weighted by Crippen LogP contribution is 2.35. The summed E-state index contributed by atoms with van der Waals surface area (Å²) in [7, 11) is 0. The summed E-state index contributed by atoms with van der Waals surface area (Å²) in [4.78, 5) is 17.0. The zero-order chi connectivity index (χ0) is 14.9. The van der Waals surface area contributed by atoms with Crippen LogP contribution in [0.5, 0.6) is 0 Å². The lowest BCUT2D eigenvalue weighted by Gasteiger charge is -2.44. The molecule has 2 atom stereocenters. The van der Waals surface area contributed by atoms with Crippen LogP contribution in [0.2, 0.25) is 0 Å². The lowest BCUT2D eigenvalue weighted by Crippen LogP contribution is -2.56. The van der Waals surface area contributed by atoms with E-state index in [4.69, 9.17) is 0 Å². The standard InChI is InChI=1S/C18H25N3O/c22-18(19-16-8-2-1-3-9-16)21-12-15-11-20(17(15)13-21)10-14-6-4-5-7-14/h1-3,8-9,14-15,17H,4-7,10-13H2,(H,19,22). The van der Waals surface area contributed by atoms with Crippen LogP contribution in [-0.2, 0) is 0 Å². The third kappa shape index (κ3) is 2.72. The molecule has 1 aliphatic carbocycles. The van der Waals surface area contributed by atoms with E-state index in [2.05, 4.69) is 10.2 Å². The van der Waals surface area contributed by atoms with Crippen LogP contribution in [0.1, 0.15) is 25.7 Å². The molecule has 2 aliphatic heterocycles. The monoisotopic (exact) mass is 299 g/mol. The van der Waals surface area contributed by atoms with Crippen LogP contribution in [0.15, 0.2) is 30.3 Å². The maximum atomic E-state index is 12.4. The van der Waals surface area contributed by atoms with E-state index in [1.54, 1.807) is 0 Å². The summed E-state index contributed by atoms with van der Waals surface area (Å²) in [5.74, 6) is 1.61. The van der Waals surface area contributed by atoms with Gasteiger partial charge in [-0.3, -0.25) is 4.90 Å². The lowest BCUT2D eigenvalue weighted by atomic mass is 9.90. The molecule has 118 valence electrons. The van der Waals surface area contributed by atoms with Crippen LogP contribution in [0.4, 0.5) is 10.5 Å². The Kier molecular flexibility index (Phi) is 3.78. The number of likely N-dealkylation sites (tertiary alicyclic amines) is 2. The molecule has 1 N–H and O–H groups in total. The first-order valence-electron chi connectivity index (χ1n) is 8.64. The molecule has 4 rings (SSSR count). The topological polar surface area (TPSA) is 35.6 Å². The van der Waals surface area contributed by atoms with E-state index in [9.17, 15) is 4.79 Å². The highest BCUT2D eigenvalue weighted by atomic mass is 16.2. The van der Waals surface area contributed by atoms with Crippen LogP contribution in [0.3, 0.4) is 0 Å². The summed E-state index contributed by atoms with van der Waals surface area (Å²) in [5.41, 5.74) is 0.884. The average molecular weight is 299 g/mol. The molecule has 1 saturated carbocycles. The van der Waals surface area contributed by atoms with Gasteiger partial charge in [-0.1, -0.05) is 31.0 Å². The molecule has 22 heavy (non-hydrogen) atoms. The normalized spacial score (nSPS) is 28.5. The van der Waals surface area contributed by atoms with Gasteiger partial charge in [0.1, 0.15) is 0 Å². The Balaban J connectivity index is 1.30. The Bertz CT molecular complexity index is 526. The fraction of sp³-hybridized carbons (Fsp3) is 0.611. The summed E-state index contributed by atoms with van der Waals surface area (Å²) in [6.45, 7) is 4.27. The molecule has 1 aromatic rings. The Hall–Kier alpha value is -1.55. The minimum Gasteiger partial charge on any atom is -0.323 e. The van der Waals surface area contributed by atoms with E-state index >= 15 is 0 Å². The van der Waals surface area contributed by atoms with Gasteiger partial charge in [0.25, 0.3) is 0 Å². The van der Waals surface area contributed by atoms with E-state index in [1.807, 2.05) is 35.2 Å². The van der Waals surface area contributed by atoms with Crippen molar-refractivity contribution in [2.75, 3.05) is 31.5 Å². The minimum atomic E-state index is 0.0569. The van der Waals surface area contributed by atoms with Gasteiger partial charge in [-0.15, -0.1) is 0 Å². The van der Waals surface area contributed by atoms with Crippen molar-refractivity contribution in [3.63, 3.8) is 0 Å². The number of urea groups is 1. The minimum absolute atomic E-state index is 0.0569. The molecule has 3 fully saturated rings. The second-order valence-corrected chi connectivity index (χ2v) is 7.13. The van der Waals surface area contributed by atoms with Crippen molar-refractivity contribution in [3.05, 3.63) is 30.3 Å². The van der Waals surface area contributed by atoms with E-state index in [0.717, 1.165) is 24.7 Å². The molecule has 3 aliphatic rings. The fourth-order valence-electron chi connectivity index (χ4n) is 4.37. The number of hydrogen-bond acceptors (Lipinski definition) is 2. The van der Waals surface area contributed by atoms with Crippen LogP contribution in [-0.4, -0.2) is 48.1 Å². The first kappa shape index (κ1) is 14.1. The summed E-state index contributed by atoms with van der Waals surface area (Å²) < 4.78 is 0. The van der Waals surface area contributed by atoms with Crippen molar-refractivity contribution < 1.29 is 4.79 Å². The zero-order valence-corrected chi connectivity index (χ0v) is 13.1. The van der Waals surface area contributed by atoms with Crippen molar-refractivity contribution in [3.8, 4) is 0 Å². The van der Waals surface area contributed by atoms with Crippen molar-refractivity contribution >= 4 is 11.7 Å². The molecule has 2 saturated heterocycles. The number of carbonyl (C=O) groups is 1. The molecule has 2 unspecified atom stereocenters. The van der Waals surface area contributed by atoms with Gasteiger partial charge in [0.15, 0.2) is 0 Å². The molecule has 0 bridgehead atoms. The predicted octanol–water partition coefficient (Wildman–Crippen LogP) is 3.02. The summed E-state index contributed by atoms with van der Waals surface area (Å²) in [5, 5.41) is 3.01. The number of anilines is 1. The number of para-hydroxylation sites is 1. The van der Waals surface area contributed by atoms with Gasteiger partial charge in [0, 0.05) is 43.8 Å². The molecule has 2 amide bonds. The Morgan fingerprint density at radius 2 is 1.86 bits per heavy atom. The molecule has 0 spiro atoms. The van der Waals surface area contributed by atoms with E-state index in [-0.39, 0.29) is 6.03 Å². The van der Waals surface area contributed by atoms with Crippen LogP contribution >= 0.6 is 0 Å². The third-order valence-electron chi connectivity index (χ3n) is 5.62. The number of benzene rings is 1. The van der Waals surface area contributed by atoms with Crippen molar-refractivity contribution in [2.24, 2.45) is 11.8 Å². The van der Waals surface area contributed by atoms with Crippen molar-refractivity contribution in [1.82, 2.24) is 9.80 Å². The fourth-order valence-corrected chi connectivity index (χ4v) is 4.37. The van der Waals surface area contributed by atoms with Gasteiger partial charge in [0.2, 0.25) is 0 Å². The number of rotatable bonds is 3. The van der Waals surface area contributed by atoms with E-state index in [0.29, 0.717) is 12.0 Å². The maximum Gasteiger partial charge on any atom is 0.321 e. The Morgan fingerprint density at radius 3 is 2.64 bits per heavy atom. The Labute approximate surface area is 132 Å². The summed E-state index contributed by atoms with van der Waals surface area (Å²) >= 11 is 0. The molecule has 4 nitrogen and oxygen atoms in total. The van der Waals surface area contributed by atoms with Crippen molar-refractivity contribution in [1.29, 1.82) is 0 Å². The molecule has 4 heteroatoms. The van der Waals surface area contributed by atoms with Crippen LogP contribution < -0.4 is 5.32 Å². The number of nitrogens with one attached hydrogen (secondary N) is 1. The van der Waals surface area contributed by atoms with Gasteiger partial charge in [-0.05, 0) is 30.9 Å². The zero-order valence-electron chi connectivity index (χ0n) is 13.1. The SMILES string of the molecule is O=C(Nc1ccccc1)N1CC2CN(CC3CCCC3)C2C1. The second-order valence-electron chi connectivity index (χ2n) is 7.13. The first-order chi connectivity index (χ1) is 10.8. The third-order valence-corrected chi connectivity index (χ3v) is 5.62. The van der Waals surface area contributed by atoms with Crippen LogP contribution in [0, 0.1) is 11.8 Å². The smallest absolute Gasteiger partial charge is 0.321 e. The number of carbonyl (C=O) groups excluding carboxylic acids is 1. The molecule has 2 heterocycles. The van der Waals surface area contributed by atoms with Crippen molar-refractivity contribution in [2.45, 2.75) is 31.7 Å². The summed E-state index contributed by atoms with van der Waals surface area (Å²) in [6.07, 6.45) is 5.65. The predicted molar refractivity (Wildman–Crippen MR) is 87.8 cm³/mol. The van der Waals surface area contributed by atoms with E-state index < -0.39 is 0 Å². The Morgan fingerprint density at radius 1 is 1.09 bits per heavy atom. The lowest BCUT2D eigenvalue weighted by molar-refractivity contribution is 0.0364. The quantitative estimate of drug-likeness (QED) is 0.931. The largest absolute Gasteiger partial charge is 0.323 e. The second kappa shape index (κ2) is 5.92. The van der Waals surface area contributed by atoms with Gasteiger partial charge in [0.05, 0.1) is 0 Å². The summed E-state index contributed by atoms with van der Waals surface area (Å²) in [6, 6.07) is 10.4. The molecular weight excluding hydrogens is 274 g/mol. The number of amides is 2. The van der Waals surface area contributed by atoms with Gasteiger partial charge in [-0.2, -0.15) is 0 Å². The highest BCUT2D eigenvalue weighted by molar-refractivity contribution is 5.89. The molecule has 1 aromatic carbocycles. The first-order valence-corrected chi connectivity index (χ1v) is 8.64. The number of fused-ring (bicyclic) bond motifs is 1. The maximum absolute atomic E-state index is 12.4. The van der Waals surface area contributed by atoms with Crippen LogP contribution in [0.25, 0.3) is 0 Å². The van der Waals surface area contributed by atoms with E-state index in [1.165, 1.54) is 38.8 Å². The molecule has 0 aromatic heterocycles. The average Bonchev–Trinajstić information content (AvgIpc) is 3.13. The number of nitrogens with zero attached hydrogens (tertiary/aromatic N) is 2. The van der Waals surface area contributed by atoms with Gasteiger partial charge in [-0.25, -0.2) is 4.79 Å². The van der Waals surface area contributed by atoms with Gasteiger partial charge < -0.3 is 10.2 Å².